The summed E-state index contributed by atoms with van der Waals surface area (Å²) in [6.45, 7) is 4.42. The van der Waals surface area contributed by atoms with Crippen LogP contribution < -0.4 is 10.2 Å². The van der Waals surface area contributed by atoms with Gasteiger partial charge in [-0.25, -0.2) is 29.5 Å². The lowest BCUT2D eigenvalue weighted by Crippen LogP contribution is -2.49. The molecule has 0 spiro atoms. The van der Waals surface area contributed by atoms with Gasteiger partial charge >= 0.3 is 24.3 Å². The first-order valence-corrected chi connectivity index (χ1v) is 14.7. The van der Waals surface area contributed by atoms with Crippen LogP contribution in [0.25, 0.3) is 22.1 Å². The number of anilines is 2. The summed E-state index contributed by atoms with van der Waals surface area (Å²) in [6, 6.07) is 5.67. The molecule has 4 aromatic heterocycles. The number of carbonyl (C=O) groups excluding carboxylic acids is 1. The van der Waals surface area contributed by atoms with Crippen molar-refractivity contribution in [2.75, 3.05) is 36.4 Å². The van der Waals surface area contributed by atoms with Crippen LogP contribution in [0.2, 0.25) is 5.02 Å². The van der Waals surface area contributed by atoms with E-state index in [-0.39, 0.29) is 11.9 Å². The molecule has 0 aliphatic carbocycles. The fourth-order valence-corrected chi connectivity index (χ4v) is 5.00. The second-order valence-corrected chi connectivity index (χ2v) is 10.8. The summed E-state index contributed by atoms with van der Waals surface area (Å²) in [6.07, 6.45) is -0.708. The van der Waals surface area contributed by atoms with Crippen LogP contribution >= 0.6 is 11.6 Å². The van der Waals surface area contributed by atoms with Crippen molar-refractivity contribution in [1.29, 1.82) is 0 Å². The van der Waals surface area contributed by atoms with Crippen LogP contribution in [-0.2, 0) is 9.59 Å². The number of carbonyl (C=O) groups is 3. The van der Waals surface area contributed by atoms with Gasteiger partial charge in [0.25, 0.3) is 5.91 Å². The molecule has 22 heteroatoms. The first-order valence-electron chi connectivity index (χ1n) is 14.4. The number of aromatic amines is 1. The molecule has 1 atom stereocenters. The van der Waals surface area contributed by atoms with Gasteiger partial charge in [0.05, 0.1) is 34.8 Å². The van der Waals surface area contributed by atoms with Crippen molar-refractivity contribution < 1.29 is 50.9 Å². The number of hydrogen-bond donors (Lipinski definition) is 4. The quantitative estimate of drug-likeness (QED) is 0.180. The Bertz CT molecular complexity index is 1980. The van der Waals surface area contributed by atoms with Crippen LogP contribution in [0, 0.1) is 0 Å². The normalized spacial score (nSPS) is 13.8. The number of pyridine rings is 1. The highest BCUT2D eigenvalue weighted by Crippen LogP contribution is 2.39. The Morgan fingerprint density at radius 2 is 1.55 bits per heavy atom. The van der Waals surface area contributed by atoms with E-state index in [9.17, 15) is 31.1 Å². The van der Waals surface area contributed by atoms with Gasteiger partial charge < -0.3 is 30.3 Å². The molecule has 1 aliphatic heterocycles. The van der Waals surface area contributed by atoms with Crippen LogP contribution in [-0.4, -0.2) is 106 Å². The Kier molecular flexibility index (Phi) is 11.7. The van der Waals surface area contributed by atoms with Crippen LogP contribution in [0.5, 0.6) is 0 Å². The van der Waals surface area contributed by atoms with E-state index in [1.165, 1.54) is 18.7 Å². The van der Waals surface area contributed by atoms with Crippen LogP contribution in [0.3, 0.4) is 0 Å². The summed E-state index contributed by atoms with van der Waals surface area (Å²) in [7, 11) is 0. The number of piperazine rings is 1. The first kappa shape index (κ1) is 38.0. The van der Waals surface area contributed by atoms with Gasteiger partial charge in [-0.2, -0.15) is 26.3 Å². The molecule has 5 heterocycles. The third-order valence-corrected chi connectivity index (χ3v) is 7.35. The Morgan fingerprint density at radius 3 is 2.14 bits per heavy atom. The molecule has 0 radical (unpaired) electrons. The number of amides is 1. The first-order chi connectivity index (χ1) is 24.0. The van der Waals surface area contributed by atoms with Crippen LogP contribution in [0.1, 0.15) is 29.0 Å². The summed E-state index contributed by atoms with van der Waals surface area (Å²) >= 11 is 6.74. The minimum atomic E-state index is -5.08. The molecule has 1 fully saturated rings. The van der Waals surface area contributed by atoms with Crippen LogP contribution in [0.15, 0.2) is 55.6 Å². The Balaban J connectivity index is 0.000000353. The summed E-state index contributed by atoms with van der Waals surface area (Å²) < 4.78 is 63.5. The highest BCUT2D eigenvalue weighted by Gasteiger charge is 2.39. The van der Waals surface area contributed by atoms with E-state index < -0.39 is 24.3 Å². The Morgan fingerprint density at radius 1 is 0.902 bits per heavy atom. The maximum atomic E-state index is 12.9. The van der Waals surface area contributed by atoms with E-state index in [0.29, 0.717) is 53.9 Å². The number of hydrogen-bond acceptors (Lipinski definition) is 11. The zero-order valence-electron chi connectivity index (χ0n) is 25.9. The maximum absolute atomic E-state index is 12.9. The van der Waals surface area contributed by atoms with E-state index in [1.807, 2.05) is 23.1 Å². The predicted octanol–water partition coefficient (Wildman–Crippen LogP) is 4.75. The second kappa shape index (κ2) is 15.8. The van der Waals surface area contributed by atoms with E-state index in [2.05, 4.69) is 47.0 Å². The molecule has 1 aromatic carbocycles. The number of carboxylic acids is 2. The maximum Gasteiger partial charge on any atom is 0.490 e. The molecule has 0 bridgehead atoms. The Labute approximate surface area is 287 Å². The van der Waals surface area contributed by atoms with Gasteiger partial charge in [0.15, 0.2) is 11.5 Å². The monoisotopic (exact) mass is 742 g/mol. The van der Waals surface area contributed by atoms with Crippen molar-refractivity contribution in [3.05, 3.63) is 71.9 Å². The SMILES string of the molecule is CC(Nc1ncnc2[nH]cnc12)c1cc(Cl)c2cccnc2c1N1CCN(C(=O)c2cnccn2)CC1.O=C(O)C(F)(F)F.O=C(O)C(F)(F)F. The molecule has 15 nitrogen and oxygen atoms in total. The molecule has 1 amide bonds. The predicted molar refractivity (Wildman–Crippen MR) is 168 cm³/mol. The average molecular weight is 743 g/mol. The van der Waals surface area contributed by atoms with Gasteiger partial charge in [-0.05, 0) is 25.1 Å². The van der Waals surface area contributed by atoms with E-state index in [4.69, 9.17) is 36.4 Å². The zero-order valence-corrected chi connectivity index (χ0v) is 26.7. The minimum absolute atomic E-state index is 0.117. The number of nitrogens with zero attached hydrogens (tertiary/aromatic N) is 8. The van der Waals surface area contributed by atoms with Gasteiger partial charge in [-0.15, -0.1) is 0 Å². The summed E-state index contributed by atoms with van der Waals surface area (Å²) in [5, 5.41) is 19.2. The minimum Gasteiger partial charge on any atom is -0.475 e. The molecule has 5 aromatic rings. The number of carboxylic acid groups (broad SMARTS) is 2. The lowest BCUT2D eigenvalue weighted by atomic mass is 10.0. The smallest absolute Gasteiger partial charge is 0.475 e. The van der Waals surface area contributed by atoms with Gasteiger partial charge in [-0.1, -0.05) is 11.6 Å². The summed E-state index contributed by atoms with van der Waals surface area (Å²) in [4.78, 5) is 63.7. The number of rotatable bonds is 5. The fraction of sp³-hybridized carbons (Fsp3) is 0.276. The fourth-order valence-electron chi connectivity index (χ4n) is 4.73. The van der Waals surface area contributed by atoms with Gasteiger partial charge in [0, 0.05) is 55.7 Å². The zero-order chi connectivity index (χ0) is 37.5. The van der Waals surface area contributed by atoms with Crippen LogP contribution in [0.4, 0.5) is 37.8 Å². The number of halogens is 7. The summed E-state index contributed by atoms with van der Waals surface area (Å²) in [5.41, 5.74) is 4.46. The molecule has 270 valence electrons. The van der Waals surface area contributed by atoms with Gasteiger partial charge in [0.2, 0.25) is 0 Å². The Hall–Kier alpha value is -5.86. The number of aromatic nitrogens is 7. The molecule has 1 unspecified atom stereocenters. The van der Waals surface area contributed by atoms with Crippen molar-refractivity contribution in [3.8, 4) is 0 Å². The largest absolute Gasteiger partial charge is 0.490 e. The molecule has 51 heavy (non-hydrogen) atoms. The van der Waals surface area contributed by atoms with E-state index in [1.54, 1.807) is 18.7 Å². The molecule has 4 N–H and O–H groups in total. The second-order valence-electron chi connectivity index (χ2n) is 10.4. The molecular formula is C29H25ClF6N10O5. The van der Waals surface area contributed by atoms with Gasteiger partial charge in [-0.3, -0.25) is 14.8 Å². The number of fused-ring (bicyclic) bond motifs is 2. The number of benzene rings is 1. The van der Waals surface area contributed by atoms with Crippen molar-refractivity contribution in [1.82, 2.24) is 39.8 Å². The van der Waals surface area contributed by atoms with E-state index in [0.717, 1.165) is 22.2 Å². The average Bonchev–Trinajstić information content (AvgIpc) is 3.58. The number of nitrogens with one attached hydrogen (secondary N) is 2. The number of H-pyrrole nitrogens is 1. The van der Waals surface area contributed by atoms with Crippen molar-refractivity contribution in [3.63, 3.8) is 0 Å². The third kappa shape index (κ3) is 9.44. The van der Waals surface area contributed by atoms with Crippen molar-refractivity contribution in [2.45, 2.75) is 25.3 Å². The molecule has 1 saturated heterocycles. The number of aliphatic carboxylic acids is 2. The standard InChI is InChI=1S/C25H23ClN10O.2C2HF3O2/c1-15(34-24-21-23(31-13-30-21)32-14-33-24)17-11-18(26)16-3-2-4-29-20(16)22(17)35-7-9-36(10-8-35)25(37)19-12-27-5-6-28-19;2*3-2(4,5)1(6)7/h2-6,11-15H,7-10H2,1H3,(H2,30,31,32,33,34);2*(H,6,7). The molecule has 6 rings (SSSR count). The topological polar surface area (TPSA) is 203 Å². The van der Waals surface area contributed by atoms with Gasteiger partial charge in [0.1, 0.15) is 17.5 Å². The third-order valence-electron chi connectivity index (χ3n) is 7.03. The highest BCUT2D eigenvalue weighted by atomic mass is 35.5. The number of imidazole rings is 1. The molecule has 0 saturated carbocycles. The molecule has 1 aliphatic rings. The molecular weight excluding hydrogens is 718 g/mol. The van der Waals surface area contributed by atoms with Crippen molar-refractivity contribution >= 4 is 63.0 Å². The lowest BCUT2D eigenvalue weighted by molar-refractivity contribution is -0.193. The summed E-state index contributed by atoms with van der Waals surface area (Å²) in [5.74, 6) is -5.00. The van der Waals surface area contributed by atoms with Crippen molar-refractivity contribution in [2.24, 2.45) is 0 Å². The highest BCUT2D eigenvalue weighted by molar-refractivity contribution is 6.36. The van der Waals surface area contributed by atoms with E-state index >= 15 is 0 Å². The lowest BCUT2D eigenvalue weighted by Gasteiger charge is -2.38. The number of alkyl halides is 6.